The van der Waals surface area contributed by atoms with Crippen LogP contribution in [0, 0.1) is 5.92 Å². The van der Waals surface area contributed by atoms with Crippen molar-refractivity contribution in [2.75, 3.05) is 7.05 Å². The van der Waals surface area contributed by atoms with Gasteiger partial charge in [0.05, 0.1) is 0 Å². The van der Waals surface area contributed by atoms with Gasteiger partial charge in [0.15, 0.2) is 0 Å². The quantitative estimate of drug-likeness (QED) is 0.457. The molecule has 0 amide bonds. The minimum atomic E-state index is 0.704. The van der Waals surface area contributed by atoms with Crippen molar-refractivity contribution < 1.29 is 0 Å². The molecular formula is C7H13N. The molecule has 0 saturated heterocycles. The topological polar surface area (TPSA) is 3.24 Å². The first-order chi connectivity index (χ1) is 3.72. The van der Waals surface area contributed by atoms with E-state index < -0.39 is 0 Å². The summed E-state index contributed by atoms with van der Waals surface area (Å²) in [5.41, 5.74) is 0. The van der Waals surface area contributed by atoms with Crippen LogP contribution in [0.3, 0.4) is 0 Å². The van der Waals surface area contributed by atoms with E-state index in [0.717, 1.165) is 5.92 Å². The van der Waals surface area contributed by atoms with Crippen molar-refractivity contribution >= 4 is 0 Å². The van der Waals surface area contributed by atoms with Crippen molar-refractivity contribution in [3.63, 3.8) is 0 Å². The summed E-state index contributed by atoms with van der Waals surface area (Å²) in [6.07, 6.45) is 4.39. The van der Waals surface area contributed by atoms with E-state index in [2.05, 4.69) is 38.1 Å². The summed E-state index contributed by atoms with van der Waals surface area (Å²) in [5, 5.41) is 0. The Hall–Kier alpha value is -0.460. The molecule has 0 aromatic rings. The lowest BCUT2D eigenvalue weighted by Gasteiger charge is -2.18. The molecule has 0 aromatic carbocycles. The Balaban J connectivity index is 2.55. The van der Waals surface area contributed by atoms with Gasteiger partial charge in [-0.2, -0.15) is 0 Å². The molecule has 1 heteroatoms. The molecule has 0 N–H and O–H groups in total. The molecule has 0 bridgehead atoms. The third-order valence-corrected chi connectivity index (χ3v) is 2.03. The number of hydrogen-bond acceptors (Lipinski definition) is 1. The van der Waals surface area contributed by atoms with Crippen LogP contribution in [0.5, 0.6) is 0 Å². The van der Waals surface area contributed by atoms with Gasteiger partial charge in [-0.25, -0.2) is 0 Å². The third kappa shape index (κ3) is 0.726. The second-order valence-electron chi connectivity index (χ2n) is 2.61. The molecular weight excluding hydrogens is 98.1 g/mol. The SMILES string of the molecule is CC1C=CN(C)[C@@H]1C. The smallest absolute Gasteiger partial charge is 0.0313 e. The van der Waals surface area contributed by atoms with Gasteiger partial charge in [-0.3, -0.25) is 0 Å². The first kappa shape index (κ1) is 5.67. The predicted molar refractivity (Wildman–Crippen MR) is 35.5 cm³/mol. The van der Waals surface area contributed by atoms with Crippen LogP contribution in [0.4, 0.5) is 0 Å². The number of hydrogen-bond donors (Lipinski definition) is 0. The molecule has 2 atom stereocenters. The molecule has 8 heavy (non-hydrogen) atoms. The zero-order chi connectivity index (χ0) is 6.15. The summed E-state index contributed by atoms with van der Waals surface area (Å²) >= 11 is 0. The van der Waals surface area contributed by atoms with Gasteiger partial charge in [0.2, 0.25) is 0 Å². The van der Waals surface area contributed by atoms with E-state index in [1.807, 2.05) is 0 Å². The highest BCUT2D eigenvalue weighted by molar-refractivity contribution is 4.99. The van der Waals surface area contributed by atoms with Crippen LogP contribution in [-0.4, -0.2) is 18.0 Å². The van der Waals surface area contributed by atoms with Crippen molar-refractivity contribution in [1.82, 2.24) is 4.90 Å². The molecule has 0 fully saturated rings. The fraction of sp³-hybridized carbons (Fsp3) is 0.714. The highest BCUT2D eigenvalue weighted by Gasteiger charge is 2.16. The molecule has 0 saturated carbocycles. The van der Waals surface area contributed by atoms with Crippen molar-refractivity contribution in [2.24, 2.45) is 5.92 Å². The van der Waals surface area contributed by atoms with Gasteiger partial charge in [0.1, 0.15) is 0 Å². The molecule has 1 nitrogen and oxygen atoms in total. The Labute approximate surface area is 51.0 Å². The van der Waals surface area contributed by atoms with Crippen LogP contribution < -0.4 is 0 Å². The van der Waals surface area contributed by atoms with Gasteiger partial charge >= 0.3 is 0 Å². The molecule has 0 aliphatic carbocycles. The van der Waals surface area contributed by atoms with Crippen molar-refractivity contribution in [3.05, 3.63) is 12.3 Å². The lowest BCUT2D eigenvalue weighted by Crippen LogP contribution is -2.23. The molecule has 46 valence electrons. The van der Waals surface area contributed by atoms with E-state index in [4.69, 9.17) is 0 Å². The Morgan fingerprint density at radius 2 is 2.00 bits per heavy atom. The Kier molecular flexibility index (Phi) is 1.28. The fourth-order valence-electron chi connectivity index (χ4n) is 0.939. The van der Waals surface area contributed by atoms with E-state index in [1.165, 1.54) is 0 Å². The molecule has 0 spiro atoms. The van der Waals surface area contributed by atoms with Gasteiger partial charge < -0.3 is 4.90 Å². The van der Waals surface area contributed by atoms with E-state index >= 15 is 0 Å². The Bertz CT molecular complexity index is 95.0. The normalized spacial score (nSPS) is 36.6. The molecule has 0 radical (unpaired) electrons. The van der Waals surface area contributed by atoms with Crippen molar-refractivity contribution in [2.45, 2.75) is 19.9 Å². The van der Waals surface area contributed by atoms with E-state index in [-0.39, 0.29) is 0 Å². The lowest BCUT2D eigenvalue weighted by molar-refractivity contribution is 0.333. The highest BCUT2D eigenvalue weighted by atomic mass is 15.1. The third-order valence-electron chi connectivity index (χ3n) is 2.03. The summed E-state index contributed by atoms with van der Waals surface area (Å²) in [4.78, 5) is 2.24. The molecule has 1 rings (SSSR count). The minimum Gasteiger partial charge on any atom is -0.377 e. The average Bonchev–Trinajstić information content (AvgIpc) is 1.98. The summed E-state index contributed by atoms with van der Waals surface area (Å²) < 4.78 is 0. The predicted octanol–water partition coefficient (Wildman–Crippen LogP) is 1.47. The Morgan fingerprint density at radius 1 is 1.38 bits per heavy atom. The maximum atomic E-state index is 2.24. The van der Waals surface area contributed by atoms with E-state index in [1.54, 1.807) is 0 Å². The van der Waals surface area contributed by atoms with E-state index in [0.29, 0.717) is 6.04 Å². The lowest BCUT2D eigenvalue weighted by atomic mass is 10.1. The monoisotopic (exact) mass is 111 g/mol. The molecule has 1 unspecified atom stereocenters. The highest BCUT2D eigenvalue weighted by Crippen LogP contribution is 2.17. The van der Waals surface area contributed by atoms with Crippen LogP contribution >= 0.6 is 0 Å². The number of rotatable bonds is 0. The van der Waals surface area contributed by atoms with E-state index in [9.17, 15) is 0 Å². The zero-order valence-electron chi connectivity index (χ0n) is 5.76. The average molecular weight is 111 g/mol. The molecule has 1 heterocycles. The molecule has 1 aliphatic rings. The van der Waals surface area contributed by atoms with Crippen LogP contribution in [0.25, 0.3) is 0 Å². The standard InChI is InChI=1S/C7H13N/c1-6-4-5-8(3)7(6)2/h4-7H,1-3H3/t6?,7-/m1/s1. The maximum absolute atomic E-state index is 2.24. The van der Waals surface area contributed by atoms with Crippen LogP contribution in [0.2, 0.25) is 0 Å². The second kappa shape index (κ2) is 1.81. The summed E-state index contributed by atoms with van der Waals surface area (Å²) in [6, 6.07) is 0.704. The van der Waals surface area contributed by atoms with Gasteiger partial charge in [0.25, 0.3) is 0 Å². The first-order valence-corrected chi connectivity index (χ1v) is 3.12. The van der Waals surface area contributed by atoms with Crippen LogP contribution in [-0.2, 0) is 0 Å². The van der Waals surface area contributed by atoms with Crippen LogP contribution in [0.1, 0.15) is 13.8 Å². The van der Waals surface area contributed by atoms with Crippen molar-refractivity contribution in [3.8, 4) is 0 Å². The first-order valence-electron chi connectivity index (χ1n) is 3.12. The van der Waals surface area contributed by atoms with Gasteiger partial charge in [-0.15, -0.1) is 0 Å². The zero-order valence-corrected chi connectivity index (χ0v) is 5.76. The summed E-state index contributed by atoms with van der Waals surface area (Å²) in [5.74, 6) is 0.736. The van der Waals surface area contributed by atoms with Gasteiger partial charge in [-0.05, 0) is 19.0 Å². The number of nitrogens with zero attached hydrogens (tertiary/aromatic N) is 1. The van der Waals surface area contributed by atoms with Gasteiger partial charge in [0, 0.05) is 13.1 Å². The van der Waals surface area contributed by atoms with Crippen LogP contribution in [0.15, 0.2) is 12.3 Å². The maximum Gasteiger partial charge on any atom is 0.0313 e. The largest absolute Gasteiger partial charge is 0.377 e. The summed E-state index contributed by atoms with van der Waals surface area (Å²) in [6.45, 7) is 4.48. The van der Waals surface area contributed by atoms with Crippen molar-refractivity contribution in [1.29, 1.82) is 0 Å². The van der Waals surface area contributed by atoms with Gasteiger partial charge in [-0.1, -0.05) is 13.0 Å². The molecule has 1 aliphatic heterocycles. The Morgan fingerprint density at radius 3 is 2.12 bits per heavy atom. The summed E-state index contributed by atoms with van der Waals surface area (Å²) in [7, 11) is 2.12. The molecule has 0 aromatic heterocycles. The second-order valence-corrected chi connectivity index (χ2v) is 2.61. The minimum absolute atomic E-state index is 0.704. The fourth-order valence-corrected chi connectivity index (χ4v) is 0.939.